The third-order valence-electron chi connectivity index (χ3n) is 0.968. The van der Waals surface area contributed by atoms with Gasteiger partial charge in [-0.1, -0.05) is 5.16 Å². The molecule has 0 aliphatic carbocycles. The summed E-state index contributed by atoms with van der Waals surface area (Å²) < 4.78 is 5.02. The molecule has 0 saturated heterocycles. The summed E-state index contributed by atoms with van der Waals surface area (Å²) in [4.78, 5) is 4.83. The standard InChI is InChI=1S/C7H16N2O2/c1-2-10-6-7-11-9-5-3-4-8/h5H,2-4,6-8H2,1H3. The van der Waals surface area contributed by atoms with Crippen molar-refractivity contribution in [2.75, 3.05) is 26.4 Å². The van der Waals surface area contributed by atoms with Crippen molar-refractivity contribution in [2.45, 2.75) is 13.3 Å². The number of hydrogen-bond acceptors (Lipinski definition) is 4. The van der Waals surface area contributed by atoms with Crippen LogP contribution in [0.5, 0.6) is 0 Å². The van der Waals surface area contributed by atoms with Crippen LogP contribution in [0.2, 0.25) is 0 Å². The highest BCUT2D eigenvalue weighted by atomic mass is 16.6. The molecule has 0 aliphatic heterocycles. The lowest BCUT2D eigenvalue weighted by atomic mass is 10.5. The highest BCUT2D eigenvalue weighted by Gasteiger charge is 1.82. The number of nitrogens with zero attached hydrogens (tertiary/aromatic N) is 1. The van der Waals surface area contributed by atoms with Crippen molar-refractivity contribution in [1.29, 1.82) is 0 Å². The van der Waals surface area contributed by atoms with Gasteiger partial charge < -0.3 is 15.3 Å². The van der Waals surface area contributed by atoms with E-state index in [9.17, 15) is 0 Å². The smallest absolute Gasteiger partial charge is 0.140 e. The number of nitrogens with two attached hydrogens (primary N) is 1. The van der Waals surface area contributed by atoms with E-state index in [2.05, 4.69) is 5.16 Å². The summed E-state index contributed by atoms with van der Waals surface area (Å²) in [6.45, 7) is 4.37. The summed E-state index contributed by atoms with van der Waals surface area (Å²) in [6, 6.07) is 0. The van der Waals surface area contributed by atoms with Gasteiger partial charge in [-0.15, -0.1) is 0 Å². The Bertz CT molecular complexity index is 96.4. The average Bonchev–Trinajstić information content (AvgIpc) is 2.03. The molecule has 0 amide bonds. The molecular formula is C7H16N2O2. The number of oxime groups is 1. The fourth-order valence-corrected chi connectivity index (χ4v) is 0.473. The molecule has 4 heteroatoms. The molecule has 0 saturated carbocycles. The summed E-state index contributed by atoms with van der Waals surface area (Å²) in [7, 11) is 0. The Morgan fingerprint density at radius 2 is 2.27 bits per heavy atom. The van der Waals surface area contributed by atoms with Crippen LogP contribution < -0.4 is 5.73 Å². The monoisotopic (exact) mass is 160 g/mol. The van der Waals surface area contributed by atoms with E-state index in [1.807, 2.05) is 6.92 Å². The van der Waals surface area contributed by atoms with Gasteiger partial charge in [0.15, 0.2) is 0 Å². The maximum absolute atomic E-state index is 5.22. The minimum absolute atomic E-state index is 0.509. The van der Waals surface area contributed by atoms with Crippen LogP contribution in [0.25, 0.3) is 0 Å². The molecule has 4 nitrogen and oxygen atoms in total. The van der Waals surface area contributed by atoms with Crippen LogP contribution in [0.1, 0.15) is 13.3 Å². The number of hydrogen-bond donors (Lipinski definition) is 1. The van der Waals surface area contributed by atoms with E-state index in [-0.39, 0.29) is 0 Å². The molecule has 0 spiro atoms. The van der Waals surface area contributed by atoms with Gasteiger partial charge in [-0.05, 0) is 19.9 Å². The summed E-state index contributed by atoms with van der Waals surface area (Å²) in [6.07, 6.45) is 2.42. The van der Waals surface area contributed by atoms with Crippen molar-refractivity contribution in [3.8, 4) is 0 Å². The summed E-state index contributed by atoms with van der Waals surface area (Å²) in [5, 5.41) is 3.65. The Morgan fingerprint density at radius 3 is 2.91 bits per heavy atom. The first-order valence-corrected chi connectivity index (χ1v) is 3.83. The van der Waals surface area contributed by atoms with Crippen LogP contribution in [0.15, 0.2) is 5.16 Å². The van der Waals surface area contributed by atoms with Gasteiger partial charge >= 0.3 is 0 Å². The van der Waals surface area contributed by atoms with Crippen molar-refractivity contribution in [2.24, 2.45) is 10.9 Å². The van der Waals surface area contributed by atoms with Crippen LogP contribution in [-0.4, -0.2) is 32.6 Å². The molecule has 11 heavy (non-hydrogen) atoms. The molecule has 0 aliphatic rings. The van der Waals surface area contributed by atoms with Crippen LogP contribution in [0.3, 0.4) is 0 Å². The zero-order valence-electron chi connectivity index (χ0n) is 6.95. The quantitative estimate of drug-likeness (QED) is 0.332. The molecule has 0 heterocycles. The molecule has 66 valence electrons. The van der Waals surface area contributed by atoms with Gasteiger partial charge in [-0.3, -0.25) is 0 Å². The first-order valence-electron chi connectivity index (χ1n) is 3.83. The normalized spacial score (nSPS) is 10.7. The highest BCUT2D eigenvalue weighted by Crippen LogP contribution is 1.78. The molecular weight excluding hydrogens is 144 g/mol. The second-order valence-corrected chi connectivity index (χ2v) is 1.90. The van der Waals surface area contributed by atoms with Gasteiger partial charge in [0.1, 0.15) is 6.61 Å². The van der Waals surface area contributed by atoms with Crippen molar-refractivity contribution < 1.29 is 9.57 Å². The van der Waals surface area contributed by atoms with Crippen molar-refractivity contribution in [1.82, 2.24) is 0 Å². The molecule has 0 unspecified atom stereocenters. The number of ether oxygens (including phenoxy) is 1. The van der Waals surface area contributed by atoms with Gasteiger partial charge in [-0.2, -0.15) is 0 Å². The minimum atomic E-state index is 0.509. The van der Waals surface area contributed by atoms with Crippen LogP contribution in [0.4, 0.5) is 0 Å². The molecule has 0 aromatic heterocycles. The molecule has 0 aromatic carbocycles. The molecule has 0 bridgehead atoms. The first kappa shape index (κ1) is 10.4. The topological polar surface area (TPSA) is 56.8 Å². The van der Waals surface area contributed by atoms with E-state index >= 15 is 0 Å². The molecule has 0 aromatic rings. The lowest BCUT2D eigenvalue weighted by Gasteiger charge is -1.98. The van der Waals surface area contributed by atoms with Crippen molar-refractivity contribution in [3.63, 3.8) is 0 Å². The minimum Gasteiger partial charge on any atom is -0.394 e. The van der Waals surface area contributed by atoms with Crippen LogP contribution in [-0.2, 0) is 9.57 Å². The van der Waals surface area contributed by atoms with E-state index in [0.29, 0.717) is 19.8 Å². The van der Waals surface area contributed by atoms with Crippen molar-refractivity contribution in [3.05, 3.63) is 0 Å². The third-order valence-corrected chi connectivity index (χ3v) is 0.968. The predicted molar refractivity (Wildman–Crippen MR) is 44.6 cm³/mol. The predicted octanol–water partition coefficient (Wildman–Crippen LogP) is 0.374. The summed E-state index contributed by atoms with van der Waals surface area (Å²) in [5.41, 5.74) is 5.22. The first-order chi connectivity index (χ1) is 5.41. The van der Waals surface area contributed by atoms with Gasteiger partial charge in [0.2, 0.25) is 0 Å². The molecule has 0 fully saturated rings. The highest BCUT2D eigenvalue weighted by molar-refractivity contribution is 5.56. The van der Waals surface area contributed by atoms with Crippen molar-refractivity contribution >= 4 is 6.21 Å². The zero-order valence-corrected chi connectivity index (χ0v) is 6.95. The SMILES string of the molecule is CCOCCON=CCCN. The fourth-order valence-electron chi connectivity index (χ4n) is 0.473. The lowest BCUT2D eigenvalue weighted by molar-refractivity contribution is 0.0566. The Balaban J connectivity index is 2.89. The fraction of sp³-hybridized carbons (Fsp3) is 0.857. The Morgan fingerprint density at radius 1 is 1.45 bits per heavy atom. The van der Waals surface area contributed by atoms with Crippen LogP contribution >= 0.6 is 0 Å². The largest absolute Gasteiger partial charge is 0.394 e. The Kier molecular flexibility index (Phi) is 8.87. The molecule has 0 rings (SSSR count). The molecule has 0 radical (unpaired) electrons. The number of rotatable bonds is 7. The Hall–Kier alpha value is -0.610. The average molecular weight is 160 g/mol. The lowest BCUT2D eigenvalue weighted by Crippen LogP contribution is -2.02. The molecule has 0 atom stereocenters. The molecule has 2 N–H and O–H groups in total. The van der Waals surface area contributed by atoms with E-state index < -0.39 is 0 Å². The maximum Gasteiger partial charge on any atom is 0.140 e. The zero-order chi connectivity index (χ0) is 8.36. The Labute approximate surface area is 67.3 Å². The van der Waals surface area contributed by atoms with Gasteiger partial charge in [0, 0.05) is 12.8 Å². The van der Waals surface area contributed by atoms with Crippen LogP contribution in [0, 0.1) is 0 Å². The van der Waals surface area contributed by atoms with E-state index in [1.165, 1.54) is 0 Å². The van der Waals surface area contributed by atoms with E-state index in [1.54, 1.807) is 6.21 Å². The second-order valence-electron chi connectivity index (χ2n) is 1.90. The second kappa shape index (κ2) is 9.39. The summed E-state index contributed by atoms with van der Waals surface area (Å²) in [5.74, 6) is 0. The van der Waals surface area contributed by atoms with Gasteiger partial charge in [0.05, 0.1) is 6.61 Å². The summed E-state index contributed by atoms with van der Waals surface area (Å²) >= 11 is 0. The van der Waals surface area contributed by atoms with E-state index in [0.717, 1.165) is 13.0 Å². The third kappa shape index (κ3) is 9.39. The maximum atomic E-state index is 5.22. The van der Waals surface area contributed by atoms with Gasteiger partial charge in [0.25, 0.3) is 0 Å². The van der Waals surface area contributed by atoms with Gasteiger partial charge in [-0.25, -0.2) is 0 Å². The van der Waals surface area contributed by atoms with E-state index in [4.69, 9.17) is 15.3 Å².